The van der Waals surface area contributed by atoms with Gasteiger partial charge in [0.1, 0.15) is 11.4 Å². The Kier molecular flexibility index (Phi) is 4.74. The third-order valence-corrected chi connectivity index (χ3v) is 4.42. The van der Waals surface area contributed by atoms with Crippen molar-refractivity contribution in [1.29, 1.82) is 5.26 Å². The van der Waals surface area contributed by atoms with Crippen molar-refractivity contribution < 1.29 is 14.3 Å². The van der Waals surface area contributed by atoms with Gasteiger partial charge in [0.2, 0.25) is 5.43 Å². The number of carbonyl (C=O) groups is 1. The third kappa shape index (κ3) is 3.17. The van der Waals surface area contributed by atoms with Crippen LogP contribution in [0.5, 0.6) is 0 Å². The molecule has 7 heteroatoms. The Bertz CT molecular complexity index is 1130. The quantitative estimate of drug-likeness (QED) is 0.760. The van der Waals surface area contributed by atoms with E-state index >= 15 is 0 Å². The number of carboxylic acids is 1. The van der Waals surface area contributed by atoms with Gasteiger partial charge in [0.05, 0.1) is 18.0 Å². The zero-order chi connectivity index (χ0) is 18.8. The number of hydrogen-bond acceptors (Lipinski definition) is 3. The summed E-state index contributed by atoms with van der Waals surface area (Å²) in [6.07, 6.45) is 1.05. The van der Waals surface area contributed by atoms with Crippen molar-refractivity contribution in [2.45, 2.75) is 13.0 Å². The Morgan fingerprint density at radius 3 is 2.65 bits per heavy atom. The second-order valence-corrected chi connectivity index (χ2v) is 6.10. The predicted octanol–water partition coefficient (Wildman–Crippen LogP) is 3.61. The molecule has 0 fully saturated rings. The Hall–Kier alpha value is -3.17. The van der Waals surface area contributed by atoms with E-state index in [1.54, 1.807) is 24.3 Å². The van der Waals surface area contributed by atoms with Gasteiger partial charge in [-0.05, 0) is 23.8 Å². The molecule has 0 aliphatic heterocycles. The fraction of sp³-hybridized carbons (Fsp3) is 0.105. The minimum atomic E-state index is -1.40. The number of rotatable bonds is 4. The van der Waals surface area contributed by atoms with Gasteiger partial charge in [-0.15, -0.1) is 0 Å². The molecule has 0 saturated heterocycles. The topological polar surface area (TPSA) is 83.1 Å². The summed E-state index contributed by atoms with van der Waals surface area (Å²) < 4.78 is 15.7. The largest absolute Gasteiger partial charge is 0.477 e. The first-order valence-corrected chi connectivity index (χ1v) is 7.99. The number of fused-ring (bicyclic) bond motifs is 1. The maximum absolute atomic E-state index is 14.2. The number of benzene rings is 2. The van der Waals surface area contributed by atoms with Gasteiger partial charge in [0.25, 0.3) is 0 Å². The van der Waals surface area contributed by atoms with Gasteiger partial charge in [0.15, 0.2) is 0 Å². The van der Waals surface area contributed by atoms with Crippen LogP contribution in [0, 0.1) is 17.1 Å². The fourth-order valence-corrected chi connectivity index (χ4v) is 2.96. The number of aromatic nitrogens is 1. The fourth-order valence-electron chi connectivity index (χ4n) is 2.77. The predicted molar refractivity (Wildman–Crippen MR) is 95.0 cm³/mol. The highest BCUT2D eigenvalue weighted by molar-refractivity contribution is 6.31. The average molecular weight is 371 g/mol. The summed E-state index contributed by atoms with van der Waals surface area (Å²) in [7, 11) is 0. The zero-order valence-corrected chi connectivity index (χ0v) is 14.1. The van der Waals surface area contributed by atoms with Crippen molar-refractivity contribution in [2.24, 2.45) is 0 Å². The standard InChI is InChI=1S/C19H12ClFN2O3/c20-15-4-2-1-3-12(15)9-23-10-14(19(25)26)18(24)13-8-16(21)11(5-6-22)7-17(13)23/h1-4,7-8,10H,5,9H2,(H,25,26). The minimum Gasteiger partial charge on any atom is -0.477 e. The van der Waals surface area contributed by atoms with Crippen LogP contribution in [0.4, 0.5) is 4.39 Å². The molecule has 0 saturated carbocycles. The number of pyridine rings is 1. The number of hydrogen-bond donors (Lipinski definition) is 1. The van der Waals surface area contributed by atoms with E-state index < -0.39 is 22.8 Å². The highest BCUT2D eigenvalue weighted by Crippen LogP contribution is 2.22. The average Bonchev–Trinajstić information content (AvgIpc) is 2.60. The van der Waals surface area contributed by atoms with E-state index in [0.29, 0.717) is 16.1 Å². The summed E-state index contributed by atoms with van der Waals surface area (Å²) in [5.74, 6) is -2.12. The molecule has 0 amide bonds. The van der Waals surface area contributed by atoms with E-state index in [1.807, 2.05) is 6.07 Å². The van der Waals surface area contributed by atoms with Crippen LogP contribution in [0.3, 0.4) is 0 Å². The highest BCUT2D eigenvalue weighted by atomic mass is 35.5. The monoisotopic (exact) mass is 370 g/mol. The second kappa shape index (κ2) is 6.98. The smallest absolute Gasteiger partial charge is 0.341 e. The number of carboxylic acid groups (broad SMARTS) is 1. The van der Waals surface area contributed by atoms with Crippen LogP contribution >= 0.6 is 11.6 Å². The van der Waals surface area contributed by atoms with Gasteiger partial charge >= 0.3 is 5.97 Å². The van der Waals surface area contributed by atoms with Crippen molar-refractivity contribution in [3.63, 3.8) is 0 Å². The number of nitrogens with zero attached hydrogens (tertiary/aromatic N) is 2. The van der Waals surface area contributed by atoms with Crippen LogP contribution in [0.25, 0.3) is 10.9 Å². The maximum Gasteiger partial charge on any atom is 0.341 e. The molecular formula is C19H12ClFN2O3. The van der Waals surface area contributed by atoms with Crippen molar-refractivity contribution in [3.8, 4) is 6.07 Å². The number of aromatic carboxylic acids is 1. The molecule has 0 atom stereocenters. The van der Waals surface area contributed by atoms with Crippen LogP contribution in [0.15, 0.2) is 47.4 Å². The van der Waals surface area contributed by atoms with E-state index in [2.05, 4.69) is 0 Å². The lowest BCUT2D eigenvalue weighted by Crippen LogP contribution is -2.20. The lowest BCUT2D eigenvalue weighted by molar-refractivity contribution is 0.0695. The first-order chi connectivity index (χ1) is 12.4. The van der Waals surface area contributed by atoms with Gasteiger partial charge < -0.3 is 9.67 Å². The van der Waals surface area contributed by atoms with Crippen molar-refractivity contribution in [3.05, 3.63) is 80.3 Å². The molecule has 0 aliphatic rings. The Balaban J connectivity index is 2.32. The Morgan fingerprint density at radius 2 is 2.00 bits per heavy atom. The molecule has 0 spiro atoms. The van der Waals surface area contributed by atoms with Gasteiger partial charge in [-0.1, -0.05) is 29.8 Å². The summed E-state index contributed by atoms with van der Waals surface area (Å²) in [5, 5.41) is 18.6. The number of halogens is 2. The third-order valence-electron chi connectivity index (χ3n) is 4.05. The number of nitriles is 1. The highest BCUT2D eigenvalue weighted by Gasteiger charge is 2.17. The van der Waals surface area contributed by atoms with Crippen LogP contribution in [0.2, 0.25) is 5.02 Å². The molecule has 3 aromatic rings. The molecule has 3 rings (SSSR count). The van der Waals surface area contributed by atoms with Gasteiger partial charge in [-0.2, -0.15) is 5.26 Å². The summed E-state index contributed by atoms with van der Waals surface area (Å²) in [5.41, 5.74) is -0.0501. The molecule has 130 valence electrons. The Morgan fingerprint density at radius 1 is 1.27 bits per heavy atom. The first-order valence-electron chi connectivity index (χ1n) is 7.61. The molecule has 1 aromatic heterocycles. The zero-order valence-electron chi connectivity index (χ0n) is 13.4. The molecule has 5 nitrogen and oxygen atoms in total. The van der Waals surface area contributed by atoms with Gasteiger partial charge in [-0.3, -0.25) is 4.79 Å². The van der Waals surface area contributed by atoms with E-state index in [4.69, 9.17) is 16.9 Å². The van der Waals surface area contributed by atoms with E-state index in [0.717, 1.165) is 6.07 Å². The molecule has 0 radical (unpaired) electrons. The summed E-state index contributed by atoms with van der Waals surface area (Å²) in [6, 6.07) is 11.3. The second-order valence-electron chi connectivity index (χ2n) is 5.69. The maximum atomic E-state index is 14.2. The van der Waals surface area contributed by atoms with Crippen LogP contribution in [0.1, 0.15) is 21.5 Å². The molecule has 0 bridgehead atoms. The molecule has 26 heavy (non-hydrogen) atoms. The van der Waals surface area contributed by atoms with Crippen molar-refractivity contribution >= 4 is 28.5 Å². The van der Waals surface area contributed by atoms with Gasteiger partial charge in [0, 0.05) is 28.7 Å². The molecular weight excluding hydrogens is 359 g/mol. The van der Waals surface area contributed by atoms with Gasteiger partial charge in [-0.25, -0.2) is 9.18 Å². The minimum absolute atomic E-state index is 0.0591. The molecule has 1 heterocycles. The van der Waals surface area contributed by atoms with E-state index in [1.165, 1.54) is 16.8 Å². The molecule has 2 aromatic carbocycles. The SMILES string of the molecule is N#CCc1cc2c(cc1F)c(=O)c(C(=O)O)cn2Cc1ccccc1Cl. The Labute approximate surface area is 152 Å². The lowest BCUT2D eigenvalue weighted by atomic mass is 10.1. The summed E-state index contributed by atoms with van der Waals surface area (Å²) in [6.45, 7) is 0.189. The summed E-state index contributed by atoms with van der Waals surface area (Å²) >= 11 is 6.17. The van der Waals surface area contributed by atoms with E-state index in [9.17, 15) is 19.1 Å². The molecule has 0 unspecified atom stereocenters. The van der Waals surface area contributed by atoms with Crippen molar-refractivity contribution in [1.82, 2.24) is 4.57 Å². The molecule has 1 N–H and O–H groups in total. The molecule has 0 aliphatic carbocycles. The lowest BCUT2D eigenvalue weighted by Gasteiger charge is -2.14. The van der Waals surface area contributed by atoms with Crippen molar-refractivity contribution in [2.75, 3.05) is 0 Å². The normalized spacial score (nSPS) is 10.7. The summed E-state index contributed by atoms with van der Waals surface area (Å²) in [4.78, 5) is 23.8. The van der Waals surface area contributed by atoms with Crippen LogP contribution in [-0.2, 0) is 13.0 Å². The first kappa shape index (κ1) is 17.6. The van der Waals surface area contributed by atoms with Crippen LogP contribution < -0.4 is 5.43 Å². The van der Waals surface area contributed by atoms with E-state index in [-0.39, 0.29) is 23.9 Å². The van der Waals surface area contributed by atoms with Crippen LogP contribution in [-0.4, -0.2) is 15.6 Å².